The SMILES string of the molecule is CON=C(C(=O)NC1C(=O)N2CC(C=Cc3ccc([N+](=O)[O-])o3)(C(=O)O)CS[C@H]12)c1csc(N)n1. The van der Waals surface area contributed by atoms with Gasteiger partial charge in [0.05, 0.1) is 6.07 Å². The van der Waals surface area contributed by atoms with Gasteiger partial charge < -0.3 is 30.3 Å². The molecule has 0 saturated carbocycles. The van der Waals surface area contributed by atoms with Gasteiger partial charge in [-0.2, -0.15) is 0 Å². The Kier molecular flexibility index (Phi) is 6.49. The summed E-state index contributed by atoms with van der Waals surface area (Å²) in [6.45, 7) is -0.147. The molecular weight excluding hydrogens is 504 g/mol. The van der Waals surface area contributed by atoms with E-state index < -0.39 is 45.4 Å². The molecule has 2 aliphatic rings. The zero-order valence-electron chi connectivity index (χ0n) is 17.9. The maximum absolute atomic E-state index is 12.8. The fraction of sp³-hybridized carbons (Fsp3) is 0.316. The number of nitrogens with two attached hydrogens (primary N) is 1. The summed E-state index contributed by atoms with van der Waals surface area (Å²) in [5, 5.41) is 28.2. The molecule has 35 heavy (non-hydrogen) atoms. The predicted octanol–water partition coefficient (Wildman–Crippen LogP) is 0.761. The number of carbonyl (C=O) groups excluding carboxylic acids is 2. The van der Waals surface area contributed by atoms with Crippen LogP contribution in [0.25, 0.3) is 6.08 Å². The molecule has 0 radical (unpaired) electrons. The number of aliphatic carboxylic acids is 1. The molecular formula is C19H18N6O8S2. The van der Waals surface area contributed by atoms with E-state index in [2.05, 4.69) is 15.5 Å². The number of aromatic nitrogens is 1. The Morgan fingerprint density at radius 3 is 2.89 bits per heavy atom. The Labute approximate surface area is 204 Å². The first-order chi connectivity index (χ1) is 16.6. The first-order valence-electron chi connectivity index (χ1n) is 9.87. The van der Waals surface area contributed by atoms with E-state index in [0.29, 0.717) is 0 Å². The number of fused-ring (bicyclic) bond motifs is 1. The standard InChI is InChI=1S/C19H18N6O8S2/c1-32-23-12(10-6-34-18(20)21-10)14(26)22-13-15(27)24-7-19(17(28)29,8-35-16(13)24)5-4-9-2-3-11(33-9)25(30)31/h2-6,13,16H,7-8H2,1H3,(H2,20,21)(H,22,26)(H,28,29)/t13?,16-,19?/m1/s1. The van der Waals surface area contributed by atoms with Crippen molar-refractivity contribution in [2.24, 2.45) is 10.6 Å². The summed E-state index contributed by atoms with van der Waals surface area (Å²) >= 11 is 2.30. The third-order valence-corrected chi connectivity index (χ3v) is 7.56. The number of furan rings is 1. The van der Waals surface area contributed by atoms with E-state index in [9.17, 15) is 29.6 Å². The van der Waals surface area contributed by atoms with Gasteiger partial charge in [-0.05, 0) is 12.1 Å². The Bertz CT molecular complexity index is 1260. The van der Waals surface area contributed by atoms with E-state index in [1.54, 1.807) is 0 Å². The zero-order valence-corrected chi connectivity index (χ0v) is 19.6. The molecule has 2 aliphatic heterocycles. The highest BCUT2D eigenvalue weighted by atomic mass is 32.2. The quantitative estimate of drug-likeness (QED) is 0.191. The van der Waals surface area contributed by atoms with Crippen LogP contribution in [0.4, 0.5) is 11.0 Å². The minimum absolute atomic E-state index is 0.0874. The summed E-state index contributed by atoms with van der Waals surface area (Å²) in [6.07, 6.45) is 2.69. The van der Waals surface area contributed by atoms with Gasteiger partial charge in [-0.25, -0.2) is 4.98 Å². The molecule has 4 heterocycles. The van der Waals surface area contributed by atoms with Crippen molar-refractivity contribution < 1.29 is 33.7 Å². The predicted molar refractivity (Wildman–Crippen MR) is 124 cm³/mol. The lowest BCUT2D eigenvalue weighted by Gasteiger charge is -2.53. The van der Waals surface area contributed by atoms with E-state index in [1.165, 1.54) is 47.4 Å². The van der Waals surface area contributed by atoms with Gasteiger partial charge in [0.25, 0.3) is 5.91 Å². The number of hydrogen-bond donors (Lipinski definition) is 3. The summed E-state index contributed by atoms with van der Waals surface area (Å²) in [4.78, 5) is 57.8. The summed E-state index contributed by atoms with van der Waals surface area (Å²) in [6, 6.07) is 1.61. The number of oxime groups is 1. The van der Waals surface area contributed by atoms with Crippen molar-refractivity contribution >= 4 is 63.7 Å². The minimum Gasteiger partial charge on any atom is -0.481 e. The Morgan fingerprint density at radius 2 is 2.29 bits per heavy atom. The van der Waals surface area contributed by atoms with E-state index in [-0.39, 0.29) is 34.6 Å². The number of rotatable bonds is 8. The van der Waals surface area contributed by atoms with Crippen molar-refractivity contribution in [1.29, 1.82) is 0 Å². The van der Waals surface area contributed by atoms with E-state index in [1.807, 2.05) is 0 Å². The average molecular weight is 523 g/mol. The maximum Gasteiger partial charge on any atom is 0.433 e. The van der Waals surface area contributed by atoms with Crippen molar-refractivity contribution in [3.05, 3.63) is 45.2 Å². The number of carbonyl (C=O) groups is 3. The number of nitrogens with one attached hydrogen (secondary N) is 1. The van der Waals surface area contributed by atoms with Crippen molar-refractivity contribution in [3.8, 4) is 0 Å². The average Bonchev–Trinajstić information content (AvgIpc) is 3.48. The number of β-lactam (4-membered cyclic amide) rings is 1. The largest absolute Gasteiger partial charge is 0.481 e. The second-order valence-corrected chi connectivity index (χ2v) is 9.53. The molecule has 14 nitrogen and oxygen atoms in total. The van der Waals surface area contributed by atoms with Gasteiger partial charge in [0, 0.05) is 17.7 Å². The molecule has 0 bridgehead atoms. The zero-order chi connectivity index (χ0) is 25.3. The molecule has 2 unspecified atom stereocenters. The number of amides is 2. The number of nitro groups is 1. The number of hydrogen-bond acceptors (Lipinski definition) is 12. The van der Waals surface area contributed by atoms with Crippen molar-refractivity contribution in [2.75, 3.05) is 25.1 Å². The van der Waals surface area contributed by atoms with E-state index in [0.717, 1.165) is 17.4 Å². The van der Waals surface area contributed by atoms with E-state index >= 15 is 0 Å². The lowest BCUT2D eigenvalue weighted by molar-refractivity contribution is -0.402. The molecule has 3 atom stereocenters. The molecule has 0 spiro atoms. The number of nitrogens with zero attached hydrogens (tertiary/aromatic N) is 4. The number of thioether (sulfide) groups is 1. The number of thiazole rings is 1. The molecule has 2 saturated heterocycles. The maximum atomic E-state index is 12.8. The van der Waals surface area contributed by atoms with Crippen LogP contribution in [0.15, 0.2) is 33.2 Å². The number of anilines is 1. The van der Waals surface area contributed by atoms with Crippen LogP contribution in [-0.4, -0.2) is 74.2 Å². The summed E-state index contributed by atoms with van der Waals surface area (Å²) in [5.74, 6) is -2.60. The molecule has 2 aromatic heterocycles. The molecule has 4 N–H and O–H groups in total. The molecule has 0 aliphatic carbocycles. The van der Waals surface area contributed by atoms with Crippen LogP contribution in [0.2, 0.25) is 0 Å². The van der Waals surface area contributed by atoms with Crippen molar-refractivity contribution in [2.45, 2.75) is 11.4 Å². The fourth-order valence-corrected chi connectivity index (χ4v) is 5.63. The summed E-state index contributed by atoms with van der Waals surface area (Å²) in [5.41, 5.74) is 4.21. The van der Waals surface area contributed by atoms with Gasteiger partial charge in [-0.3, -0.25) is 24.5 Å². The second kappa shape index (κ2) is 9.38. The first-order valence-corrected chi connectivity index (χ1v) is 11.8. The highest BCUT2D eigenvalue weighted by Gasteiger charge is 2.57. The molecule has 2 amide bonds. The lowest BCUT2D eigenvalue weighted by atomic mass is 9.86. The first kappa shape index (κ1) is 24.2. The molecule has 0 aromatic carbocycles. The third kappa shape index (κ3) is 4.57. The molecule has 2 aromatic rings. The summed E-state index contributed by atoms with van der Waals surface area (Å²) < 4.78 is 5.04. The fourth-order valence-electron chi connectivity index (χ4n) is 3.57. The molecule has 4 rings (SSSR count). The van der Waals surface area contributed by atoms with Crippen LogP contribution in [-0.2, 0) is 19.2 Å². The smallest absolute Gasteiger partial charge is 0.433 e. The number of carboxylic acids is 1. The normalized spacial score (nSPS) is 24.1. The molecule has 16 heteroatoms. The number of nitrogen functional groups attached to an aromatic ring is 1. The highest BCUT2D eigenvalue weighted by Crippen LogP contribution is 2.43. The van der Waals surface area contributed by atoms with Crippen LogP contribution < -0.4 is 11.1 Å². The monoisotopic (exact) mass is 522 g/mol. The van der Waals surface area contributed by atoms with Crippen LogP contribution in [0.1, 0.15) is 11.5 Å². The Morgan fingerprint density at radius 1 is 1.51 bits per heavy atom. The van der Waals surface area contributed by atoms with E-state index in [4.69, 9.17) is 15.0 Å². The van der Waals surface area contributed by atoms with Crippen LogP contribution >= 0.6 is 23.1 Å². The number of carboxylic acid groups (broad SMARTS) is 1. The van der Waals surface area contributed by atoms with Gasteiger partial charge in [0.15, 0.2) is 10.8 Å². The van der Waals surface area contributed by atoms with Crippen LogP contribution in [0, 0.1) is 15.5 Å². The lowest BCUT2D eigenvalue weighted by Crippen LogP contribution is -2.73. The third-order valence-electron chi connectivity index (χ3n) is 5.34. The van der Waals surface area contributed by atoms with Crippen molar-refractivity contribution in [3.63, 3.8) is 0 Å². The summed E-state index contributed by atoms with van der Waals surface area (Å²) in [7, 11) is 1.26. The Hall–Kier alpha value is -3.92. The molecule has 184 valence electrons. The highest BCUT2D eigenvalue weighted by molar-refractivity contribution is 8.00. The van der Waals surface area contributed by atoms with Crippen LogP contribution in [0.5, 0.6) is 0 Å². The van der Waals surface area contributed by atoms with Gasteiger partial charge in [-0.1, -0.05) is 11.2 Å². The Balaban J connectivity index is 1.46. The van der Waals surface area contributed by atoms with Gasteiger partial charge in [0.1, 0.15) is 40.3 Å². The topological polar surface area (TPSA) is 203 Å². The van der Waals surface area contributed by atoms with Gasteiger partial charge >= 0.3 is 11.9 Å². The van der Waals surface area contributed by atoms with Crippen molar-refractivity contribution in [1.82, 2.24) is 15.2 Å². The molecule has 2 fully saturated rings. The minimum atomic E-state index is -1.45. The second-order valence-electron chi connectivity index (χ2n) is 7.54. The van der Waals surface area contributed by atoms with Gasteiger partial charge in [-0.15, -0.1) is 23.1 Å². The van der Waals surface area contributed by atoms with Crippen LogP contribution in [0.3, 0.4) is 0 Å². The van der Waals surface area contributed by atoms with Gasteiger partial charge in [0.2, 0.25) is 5.91 Å².